The topological polar surface area (TPSA) is 57.6 Å². The van der Waals surface area contributed by atoms with Crippen LogP contribution in [0.3, 0.4) is 0 Å². The lowest BCUT2D eigenvalue weighted by atomic mass is 9.85. The zero-order valence-electron chi connectivity index (χ0n) is 11.5. The van der Waals surface area contributed by atoms with Crippen molar-refractivity contribution in [2.75, 3.05) is 0 Å². The maximum Gasteiger partial charge on any atom is 0.408 e. The Labute approximate surface area is 117 Å². The molecule has 1 saturated heterocycles. The summed E-state index contributed by atoms with van der Waals surface area (Å²) in [7, 11) is 0. The molecule has 1 aromatic carbocycles. The third-order valence-corrected chi connectivity index (χ3v) is 4.00. The van der Waals surface area contributed by atoms with Gasteiger partial charge in [-0.2, -0.15) is 0 Å². The lowest BCUT2D eigenvalue weighted by Gasteiger charge is -2.35. The number of hydrogen-bond donors (Lipinski definition) is 1. The van der Waals surface area contributed by atoms with E-state index in [2.05, 4.69) is 0 Å². The maximum absolute atomic E-state index is 13.3. The molecule has 1 aromatic rings. The fourth-order valence-corrected chi connectivity index (χ4v) is 2.93. The van der Waals surface area contributed by atoms with Crippen LogP contribution < -0.4 is 0 Å². The first kappa shape index (κ1) is 14.5. The highest BCUT2D eigenvalue weighted by molar-refractivity contribution is 5.69. The van der Waals surface area contributed by atoms with E-state index in [0.29, 0.717) is 18.4 Å². The summed E-state index contributed by atoms with van der Waals surface area (Å²) in [6.45, 7) is 3.46. The highest BCUT2D eigenvalue weighted by Crippen LogP contribution is 2.42. The number of aldehydes is 1. The standard InChI is InChI=1S/C15H18FNO3/c1-15(2,9-18)13-7-6-12(17(13)14(19)20)10-4-3-5-11(16)8-10/h3-5,8-9,12-13H,6-7H2,1-2H3,(H,19,20)/t12-,13+/m0/s1. The van der Waals surface area contributed by atoms with Crippen molar-refractivity contribution >= 4 is 12.4 Å². The monoisotopic (exact) mass is 279 g/mol. The number of carbonyl (C=O) groups excluding carboxylic acids is 1. The minimum Gasteiger partial charge on any atom is -0.465 e. The van der Waals surface area contributed by atoms with E-state index in [1.54, 1.807) is 26.0 Å². The van der Waals surface area contributed by atoms with Crippen LogP contribution in [-0.4, -0.2) is 28.4 Å². The number of rotatable bonds is 3. The molecule has 0 saturated carbocycles. The molecule has 2 rings (SSSR count). The number of carboxylic acid groups (broad SMARTS) is 1. The number of hydrogen-bond acceptors (Lipinski definition) is 2. The maximum atomic E-state index is 13.3. The molecule has 0 aliphatic carbocycles. The van der Waals surface area contributed by atoms with Gasteiger partial charge in [-0.05, 0) is 30.5 Å². The van der Waals surface area contributed by atoms with Crippen LogP contribution in [0.5, 0.6) is 0 Å². The molecule has 0 radical (unpaired) electrons. The normalized spacial score (nSPS) is 22.9. The van der Waals surface area contributed by atoms with Crippen LogP contribution in [0.1, 0.15) is 38.3 Å². The van der Waals surface area contributed by atoms with E-state index < -0.39 is 17.6 Å². The van der Waals surface area contributed by atoms with E-state index in [1.165, 1.54) is 17.0 Å². The summed E-state index contributed by atoms with van der Waals surface area (Å²) < 4.78 is 13.3. The lowest BCUT2D eigenvalue weighted by Crippen LogP contribution is -2.45. The van der Waals surface area contributed by atoms with E-state index in [9.17, 15) is 19.1 Å². The number of halogens is 1. The fraction of sp³-hybridized carbons (Fsp3) is 0.467. The zero-order chi connectivity index (χ0) is 14.9. The summed E-state index contributed by atoms with van der Waals surface area (Å²) in [5.74, 6) is -0.383. The van der Waals surface area contributed by atoms with Gasteiger partial charge in [0.25, 0.3) is 0 Å². The molecule has 20 heavy (non-hydrogen) atoms. The van der Waals surface area contributed by atoms with Crippen LogP contribution in [0.15, 0.2) is 24.3 Å². The summed E-state index contributed by atoms with van der Waals surface area (Å²) in [5, 5.41) is 9.46. The molecule has 1 amide bonds. The molecule has 2 atom stereocenters. The number of likely N-dealkylation sites (tertiary alicyclic amines) is 1. The largest absolute Gasteiger partial charge is 0.465 e. The third-order valence-electron chi connectivity index (χ3n) is 4.00. The van der Waals surface area contributed by atoms with Gasteiger partial charge in [-0.25, -0.2) is 9.18 Å². The van der Waals surface area contributed by atoms with Crippen LogP contribution in [0.25, 0.3) is 0 Å². The summed E-state index contributed by atoms with van der Waals surface area (Å²) in [6, 6.07) is 5.20. The molecule has 1 fully saturated rings. The van der Waals surface area contributed by atoms with Crippen molar-refractivity contribution in [3.8, 4) is 0 Å². The number of benzene rings is 1. The molecule has 0 unspecified atom stereocenters. The summed E-state index contributed by atoms with van der Waals surface area (Å²) in [6.07, 6.45) is 0.912. The molecule has 5 heteroatoms. The van der Waals surface area contributed by atoms with E-state index in [1.807, 2.05) is 0 Å². The van der Waals surface area contributed by atoms with E-state index >= 15 is 0 Å². The molecular weight excluding hydrogens is 261 g/mol. The minimum absolute atomic E-state index is 0.383. The van der Waals surface area contributed by atoms with Gasteiger partial charge < -0.3 is 9.90 Å². The van der Waals surface area contributed by atoms with Gasteiger partial charge in [-0.15, -0.1) is 0 Å². The van der Waals surface area contributed by atoms with Gasteiger partial charge in [0.15, 0.2) is 0 Å². The van der Waals surface area contributed by atoms with Gasteiger partial charge >= 0.3 is 6.09 Å². The van der Waals surface area contributed by atoms with Crippen LogP contribution in [0.2, 0.25) is 0 Å². The number of nitrogens with zero attached hydrogens (tertiary/aromatic N) is 1. The Bertz CT molecular complexity index is 530. The predicted octanol–water partition coefficient (Wildman–Crippen LogP) is 3.23. The molecular formula is C15H18FNO3. The van der Waals surface area contributed by atoms with Gasteiger partial charge in [0.1, 0.15) is 12.1 Å². The summed E-state index contributed by atoms with van der Waals surface area (Å²) >= 11 is 0. The third kappa shape index (κ3) is 2.53. The second-order valence-electron chi connectivity index (χ2n) is 5.79. The fourth-order valence-electron chi connectivity index (χ4n) is 2.93. The van der Waals surface area contributed by atoms with Crippen molar-refractivity contribution in [3.05, 3.63) is 35.6 Å². The van der Waals surface area contributed by atoms with Crippen LogP contribution in [-0.2, 0) is 4.79 Å². The van der Waals surface area contributed by atoms with Crippen molar-refractivity contribution < 1.29 is 19.1 Å². The van der Waals surface area contributed by atoms with Crippen molar-refractivity contribution in [1.29, 1.82) is 0 Å². The Morgan fingerprint density at radius 3 is 2.70 bits per heavy atom. The highest BCUT2D eigenvalue weighted by Gasteiger charge is 2.45. The molecule has 0 aromatic heterocycles. The molecule has 1 aliphatic heterocycles. The Morgan fingerprint density at radius 1 is 1.45 bits per heavy atom. The van der Waals surface area contributed by atoms with Crippen molar-refractivity contribution in [2.45, 2.75) is 38.8 Å². The Morgan fingerprint density at radius 2 is 2.15 bits per heavy atom. The Hall–Kier alpha value is -1.91. The molecule has 1 N–H and O–H groups in total. The van der Waals surface area contributed by atoms with Crippen molar-refractivity contribution in [3.63, 3.8) is 0 Å². The van der Waals surface area contributed by atoms with Crippen molar-refractivity contribution in [2.24, 2.45) is 5.41 Å². The summed E-state index contributed by atoms with van der Waals surface area (Å²) in [5.41, 5.74) is -0.114. The van der Waals surface area contributed by atoms with E-state index in [-0.39, 0.29) is 11.9 Å². The second kappa shape index (κ2) is 5.23. The first-order valence-electron chi connectivity index (χ1n) is 6.60. The smallest absolute Gasteiger partial charge is 0.408 e. The van der Waals surface area contributed by atoms with E-state index in [4.69, 9.17) is 0 Å². The Balaban J connectivity index is 2.36. The lowest BCUT2D eigenvalue weighted by molar-refractivity contribution is -0.117. The molecule has 0 spiro atoms. The Kier molecular flexibility index (Phi) is 3.79. The van der Waals surface area contributed by atoms with E-state index in [0.717, 1.165) is 6.29 Å². The van der Waals surface area contributed by atoms with Gasteiger partial charge in [-0.1, -0.05) is 26.0 Å². The van der Waals surface area contributed by atoms with Gasteiger partial charge in [-0.3, -0.25) is 4.90 Å². The van der Waals surface area contributed by atoms with Crippen LogP contribution in [0, 0.1) is 11.2 Å². The molecule has 0 bridgehead atoms. The molecule has 4 nitrogen and oxygen atoms in total. The average Bonchev–Trinajstić information content (AvgIpc) is 2.84. The van der Waals surface area contributed by atoms with Gasteiger partial charge in [0.2, 0.25) is 0 Å². The number of amides is 1. The molecule has 108 valence electrons. The van der Waals surface area contributed by atoms with Gasteiger partial charge in [0, 0.05) is 11.5 Å². The highest BCUT2D eigenvalue weighted by atomic mass is 19.1. The zero-order valence-corrected chi connectivity index (χ0v) is 11.5. The second-order valence-corrected chi connectivity index (χ2v) is 5.79. The first-order chi connectivity index (χ1) is 9.36. The predicted molar refractivity (Wildman–Crippen MR) is 71.9 cm³/mol. The molecule has 1 heterocycles. The van der Waals surface area contributed by atoms with Gasteiger partial charge in [0.05, 0.1) is 6.04 Å². The van der Waals surface area contributed by atoms with Crippen molar-refractivity contribution in [1.82, 2.24) is 4.90 Å². The van der Waals surface area contributed by atoms with Crippen LogP contribution >= 0.6 is 0 Å². The average molecular weight is 279 g/mol. The minimum atomic E-state index is -1.07. The first-order valence-corrected chi connectivity index (χ1v) is 6.60. The quantitative estimate of drug-likeness (QED) is 0.864. The SMILES string of the molecule is CC(C)(C=O)[C@H]1CC[C@@H](c2cccc(F)c2)N1C(=O)O. The number of carbonyl (C=O) groups is 2. The summed E-state index contributed by atoms with van der Waals surface area (Å²) in [4.78, 5) is 24.1. The van der Waals surface area contributed by atoms with Crippen LogP contribution in [0.4, 0.5) is 9.18 Å². The molecule has 1 aliphatic rings.